The summed E-state index contributed by atoms with van der Waals surface area (Å²) in [4.78, 5) is 18.5. The van der Waals surface area contributed by atoms with Crippen molar-refractivity contribution in [3.8, 4) is 5.88 Å². The van der Waals surface area contributed by atoms with E-state index in [1.807, 2.05) is 13.8 Å². The van der Waals surface area contributed by atoms with Gasteiger partial charge >= 0.3 is 0 Å². The van der Waals surface area contributed by atoms with Gasteiger partial charge in [0.1, 0.15) is 5.82 Å². The van der Waals surface area contributed by atoms with E-state index < -0.39 is 0 Å². The van der Waals surface area contributed by atoms with E-state index >= 15 is 0 Å². The summed E-state index contributed by atoms with van der Waals surface area (Å²) in [6, 6.07) is 0. The molecule has 0 aliphatic heterocycles. The Hall–Kier alpha value is -1.45. The highest BCUT2D eigenvalue weighted by molar-refractivity contribution is 5.77. The quantitative estimate of drug-likeness (QED) is 0.659. The molecular formula is C9H12N2O2. The highest BCUT2D eigenvalue weighted by atomic mass is 16.5. The molecule has 0 atom stereocenters. The van der Waals surface area contributed by atoms with Crippen LogP contribution in [-0.2, 0) is 0 Å². The second-order valence-electron chi connectivity index (χ2n) is 2.96. The molecule has 1 aromatic heterocycles. The summed E-state index contributed by atoms with van der Waals surface area (Å²) in [5.74, 6) is 0.957. The molecule has 4 heteroatoms. The standard InChI is InChI=1S/C9H12N2O2/c1-6(2)13-9-8(5-12)4-10-7(3)11-9/h4-6H,1-3H3. The molecule has 0 saturated carbocycles. The first-order chi connectivity index (χ1) is 6.13. The van der Waals surface area contributed by atoms with Gasteiger partial charge in [0.15, 0.2) is 6.29 Å². The second kappa shape index (κ2) is 3.98. The maximum absolute atomic E-state index is 10.6. The molecule has 1 rings (SSSR count). The summed E-state index contributed by atoms with van der Waals surface area (Å²) in [6.45, 7) is 5.51. The first-order valence-electron chi connectivity index (χ1n) is 4.09. The zero-order valence-corrected chi connectivity index (χ0v) is 7.94. The van der Waals surface area contributed by atoms with Gasteiger partial charge in [-0.1, -0.05) is 0 Å². The summed E-state index contributed by atoms with van der Waals surface area (Å²) >= 11 is 0. The summed E-state index contributed by atoms with van der Waals surface area (Å²) in [6.07, 6.45) is 2.16. The van der Waals surface area contributed by atoms with Gasteiger partial charge in [0, 0.05) is 6.20 Å². The van der Waals surface area contributed by atoms with E-state index in [1.165, 1.54) is 6.20 Å². The predicted octanol–water partition coefficient (Wildman–Crippen LogP) is 1.38. The van der Waals surface area contributed by atoms with Crippen molar-refractivity contribution in [2.75, 3.05) is 0 Å². The van der Waals surface area contributed by atoms with Gasteiger partial charge in [-0.2, -0.15) is 4.98 Å². The van der Waals surface area contributed by atoms with Crippen molar-refractivity contribution in [2.24, 2.45) is 0 Å². The zero-order chi connectivity index (χ0) is 9.84. The molecular weight excluding hydrogens is 168 g/mol. The van der Waals surface area contributed by atoms with Gasteiger partial charge in [0.25, 0.3) is 0 Å². The Bertz CT molecular complexity index is 310. The minimum atomic E-state index is 0.00741. The third kappa shape index (κ3) is 2.50. The Morgan fingerprint density at radius 1 is 1.54 bits per heavy atom. The number of carbonyl (C=O) groups excluding carboxylic acids is 1. The van der Waals surface area contributed by atoms with Crippen LogP contribution in [0.4, 0.5) is 0 Å². The molecule has 13 heavy (non-hydrogen) atoms. The molecule has 70 valence electrons. The monoisotopic (exact) mass is 180 g/mol. The van der Waals surface area contributed by atoms with Gasteiger partial charge in [0.05, 0.1) is 11.7 Å². The van der Waals surface area contributed by atoms with Crippen LogP contribution < -0.4 is 4.74 Å². The zero-order valence-electron chi connectivity index (χ0n) is 7.94. The maximum Gasteiger partial charge on any atom is 0.227 e. The molecule has 0 spiro atoms. The van der Waals surface area contributed by atoms with Gasteiger partial charge in [-0.25, -0.2) is 4.98 Å². The SMILES string of the molecule is Cc1ncc(C=O)c(OC(C)C)n1. The number of carbonyl (C=O) groups is 1. The van der Waals surface area contributed by atoms with Crippen LogP contribution in [-0.4, -0.2) is 22.4 Å². The molecule has 0 bridgehead atoms. The third-order valence-corrected chi connectivity index (χ3v) is 1.38. The molecule has 0 unspecified atom stereocenters. The van der Waals surface area contributed by atoms with E-state index in [0.29, 0.717) is 23.6 Å². The Morgan fingerprint density at radius 3 is 2.77 bits per heavy atom. The summed E-state index contributed by atoms with van der Waals surface area (Å²) < 4.78 is 5.33. The lowest BCUT2D eigenvalue weighted by Crippen LogP contribution is -2.10. The van der Waals surface area contributed by atoms with Crippen LogP contribution in [0.25, 0.3) is 0 Å². The topological polar surface area (TPSA) is 52.1 Å². The number of aryl methyl sites for hydroxylation is 1. The fourth-order valence-electron chi connectivity index (χ4n) is 0.857. The first-order valence-corrected chi connectivity index (χ1v) is 4.09. The maximum atomic E-state index is 10.6. The highest BCUT2D eigenvalue weighted by Gasteiger charge is 2.07. The number of hydrogen-bond donors (Lipinski definition) is 0. The highest BCUT2D eigenvalue weighted by Crippen LogP contribution is 2.13. The van der Waals surface area contributed by atoms with Crippen molar-refractivity contribution >= 4 is 6.29 Å². The Kier molecular flexibility index (Phi) is 2.95. The van der Waals surface area contributed by atoms with Crippen LogP contribution >= 0.6 is 0 Å². The van der Waals surface area contributed by atoms with E-state index in [4.69, 9.17) is 4.74 Å². The summed E-state index contributed by atoms with van der Waals surface area (Å²) in [7, 11) is 0. The normalized spacial score (nSPS) is 10.2. The molecule has 0 aliphatic carbocycles. The summed E-state index contributed by atoms with van der Waals surface area (Å²) in [5.41, 5.74) is 0.388. The van der Waals surface area contributed by atoms with Gasteiger partial charge in [-0.05, 0) is 20.8 Å². The van der Waals surface area contributed by atoms with E-state index in [2.05, 4.69) is 9.97 Å². The number of aldehydes is 1. The van der Waals surface area contributed by atoms with E-state index in [1.54, 1.807) is 6.92 Å². The predicted molar refractivity (Wildman–Crippen MR) is 47.9 cm³/mol. The molecule has 0 N–H and O–H groups in total. The number of ether oxygens (including phenoxy) is 1. The lowest BCUT2D eigenvalue weighted by molar-refractivity contribution is 0.111. The van der Waals surface area contributed by atoms with E-state index in [0.717, 1.165) is 0 Å². The molecule has 1 aromatic rings. The molecule has 0 radical (unpaired) electrons. The van der Waals surface area contributed by atoms with Crippen LogP contribution in [0.1, 0.15) is 30.0 Å². The molecule has 0 amide bonds. The fraction of sp³-hybridized carbons (Fsp3) is 0.444. The van der Waals surface area contributed by atoms with Crippen molar-refractivity contribution < 1.29 is 9.53 Å². The summed E-state index contributed by atoms with van der Waals surface area (Å²) in [5, 5.41) is 0. The molecule has 0 aliphatic rings. The van der Waals surface area contributed by atoms with Crippen molar-refractivity contribution in [3.63, 3.8) is 0 Å². The van der Waals surface area contributed by atoms with Crippen molar-refractivity contribution in [2.45, 2.75) is 26.9 Å². The average molecular weight is 180 g/mol. The van der Waals surface area contributed by atoms with Gasteiger partial charge < -0.3 is 4.74 Å². The minimum Gasteiger partial charge on any atom is -0.474 e. The van der Waals surface area contributed by atoms with Crippen LogP contribution in [0.2, 0.25) is 0 Å². The lowest BCUT2D eigenvalue weighted by Gasteiger charge is -2.09. The van der Waals surface area contributed by atoms with Crippen LogP contribution in [0.3, 0.4) is 0 Å². The lowest BCUT2D eigenvalue weighted by atomic mass is 10.3. The Morgan fingerprint density at radius 2 is 2.23 bits per heavy atom. The molecule has 0 fully saturated rings. The van der Waals surface area contributed by atoms with Crippen LogP contribution in [0.5, 0.6) is 5.88 Å². The molecule has 4 nitrogen and oxygen atoms in total. The van der Waals surface area contributed by atoms with Crippen LogP contribution in [0.15, 0.2) is 6.20 Å². The van der Waals surface area contributed by atoms with Crippen molar-refractivity contribution in [1.29, 1.82) is 0 Å². The first kappa shape index (κ1) is 9.64. The number of aromatic nitrogens is 2. The fourth-order valence-corrected chi connectivity index (χ4v) is 0.857. The van der Waals surface area contributed by atoms with Crippen LogP contribution in [0, 0.1) is 6.92 Å². The van der Waals surface area contributed by atoms with Gasteiger partial charge in [-0.3, -0.25) is 4.79 Å². The largest absolute Gasteiger partial charge is 0.474 e. The number of rotatable bonds is 3. The van der Waals surface area contributed by atoms with Gasteiger partial charge in [0.2, 0.25) is 5.88 Å². The third-order valence-electron chi connectivity index (χ3n) is 1.38. The van der Waals surface area contributed by atoms with Crippen molar-refractivity contribution in [3.05, 3.63) is 17.6 Å². The number of hydrogen-bond acceptors (Lipinski definition) is 4. The van der Waals surface area contributed by atoms with E-state index in [-0.39, 0.29) is 6.10 Å². The Balaban J connectivity index is 3.01. The molecule has 0 aromatic carbocycles. The number of nitrogens with zero attached hydrogens (tertiary/aromatic N) is 2. The average Bonchev–Trinajstić information content (AvgIpc) is 2.03. The minimum absolute atomic E-state index is 0.00741. The van der Waals surface area contributed by atoms with Gasteiger partial charge in [-0.15, -0.1) is 0 Å². The Labute approximate surface area is 77.0 Å². The smallest absolute Gasteiger partial charge is 0.227 e. The van der Waals surface area contributed by atoms with Crippen molar-refractivity contribution in [1.82, 2.24) is 9.97 Å². The second-order valence-corrected chi connectivity index (χ2v) is 2.96. The molecule has 0 saturated heterocycles. The molecule has 1 heterocycles. The van der Waals surface area contributed by atoms with E-state index in [9.17, 15) is 4.79 Å².